The Balaban J connectivity index is 1.88. The Kier molecular flexibility index (Phi) is 5.51. The summed E-state index contributed by atoms with van der Waals surface area (Å²) in [6, 6.07) is 5.97. The molecule has 2 rings (SSSR count). The highest BCUT2D eigenvalue weighted by atomic mass is 32.2. The molecule has 0 bridgehead atoms. The molecule has 0 aliphatic carbocycles. The van der Waals surface area contributed by atoms with Crippen molar-refractivity contribution in [2.45, 2.75) is 10.4 Å². The molecule has 1 aromatic heterocycles. The predicted octanol–water partition coefficient (Wildman–Crippen LogP) is 3.10. The van der Waals surface area contributed by atoms with E-state index < -0.39 is 6.10 Å². The van der Waals surface area contributed by atoms with E-state index in [1.165, 1.54) is 35.2 Å². The maximum absolute atomic E-state index is 13.1. The van der Waals surface area contributed by atoms with Crippen LogP contribution < -0.4 is 5.32 Å². The van der Waals surface area contributed by atoms with Crippen molar-refractivity contribution in [1.82, 2.24) is 10.2 Å². The minimum atomic E-state index is -0.732. The van der Waals surface area contributed by atoms with Gasteiger partial charge in [-0.25, -0.2) is 4.39 Å². The van der Waals surface area contributed by atoms with E-state index in [4.69, 9.17) is 0 Å². The summed E-state index contributed by atoms with van der Waals surface area (Å²) in [5.41, 5.74) is 0.562. The van der Waals surface area contributed by atoms with Gasteiger partial charge in [-0.2, -0.15) is 0 Å². The molecule has 0 fully saturated rings. The van der Waals surface area contributed by atoms with E-state index in [0.29, 0.717) is 23.0 Å². The zero-order valence-corrected chi connectivity index (χ0v) is 12.3. The summed E-state index contributed by atoms with van der Waals surface area (Å²) < 4.78 is 13.8. The van der Waals surface area contributed by atoms with Gasteiger partial charge in [0.15, 0.2) is 4.34 Å². The van der Waals surface area contributed by atoms with Crippen LogP contribution in [0.15, 0.2) is 41.3 Å². The van der Waals surface area contributed by atoms with Gasteiger partial charge in [-0.1, -0.05) is 41.3 Å². The van der Waals surface area contributed by atoms with Crippen LogP contribution in [0.1, 0.15) is 11.7 Å². The fourth-order valence-electron chi connectivity index (χ4n) is 1.46. The van der Waals surface area contributed by atoms with Crippen molar-refractivity contribution in [2.24, 2.45) is 0 Å². The minimum absolute atomic E-state index is 0.349. The van der Waals surface area contributed by atoms with Crippen molar-refractivity contribution in [1.29, 1.82) is 0 Å². The third kappa shape index (κ3) is 4.29. The Labute approximate surface area is 124 Å². The van der Waals surface area contributed by atoms with Crippen LogP contribution >= 0.6 is 23.1 Å². The molecule has 0 aliphatic rings. The number of halogens is 1. The number of aliphatic hydroxyl groups is 1. The quantitative estimate of drug-likeness (QED) is 0.608. The second-order valence-electron chi connectivity index (χ2n) is 3.92. The number of nitrogens with zero attached hydrogens (tertiary/aromatic N) is 2. The molecule has 0 saturated heterocycles. The van der Waals surface area contributed by atoms with Gasteiger partial charge >= 0.3 is 0 Å². The molecule has 1 aromatic carbocycles. The molecule has 20 heavy (non-hydrogen) atoms. The highest BCUT2D eigenvalue weighted by Gasteiger charge is 2.11. The first-order valence-electron chi connectivity index (χ1n) is 5.93. The average Bonchev–Trinajstić information content (AvgIpc) is 2.90. The first kappa shape index (κ1) is 15.0. The number of nitrogens with one attached hydrogen (secondary N) is 1. The summed E-state index contributed by atoms with van der Waals surface area (Å²) in [5.74, 6) is 0.0536. The van der Waals surface area contributed by atoms with E-state index >= 15 is 0 Å². The van der Waals surface area contributed by atoms with Crippen molar-refractivity contribution in [2.75, 3.05) is 17.6 Å². The number of benzene rings is 1. The Hall–Kier alpha value is -1.44. The zero-order valence-electron chi connectivity index (χ0n) is 10.6. The van der Waals surface area contributed by atoms with Crippen LogP contribution in [0.4, 0.5) is 9.52 Å². The van der Waals surface area contributed by atoms with Crippen LogP contribution in [0.3, 0.4) is 0 Å². The van der Waals surface area contributed by atoms with Crippen LogP contribution in [-0.4, -0.2) is 27.6 Å². The first-order valence-corrected chi connectivity index (χ1v) is 7.74. The van der Waals surface area contributed by atoms with Gasteiger partial charge in [0.2, 0.25) is 5.13 Å². The average molecular weight is 311 g/mol. The Morgan fingerprint density at radius 1 is 1.50 bits per heavy atom. The lowest BCUT2D eigenvalue weighted by Crippen LogP contribution is -2.00. The maximum atomic E-state index is 13.1. The molecule has 1 atom stereocenters. The summed E-state index contributed by atoms with van der Waals surface area (Å²) in [6.45, 7) is 4.24. The summed E-state index contributed by atoms with van der Waals surface area (Å²) in [5, 5.41) is 21.7. The lowest BCUT2D eigenvalue weighted by molar-refractivity contribution is 0.203. The monoisotopic (exact) mass is 311 g/mol. The van der Waals surface area contributed by atoms with Crippen LogP contribution in [0.5, 0.6) is 0 Å². The predicted molar refractivity (Wildman–Crippen MR) is 80.7 cm³/mol. The molecule has 0 aliphatic heterocycles. The van der Waals surface area contributed by atoms with E-state index in [0.717, 1.165) is 4.34 Å². The molecule has 2 aromatic rings. The van der Waals surface area contributed by atoms with Gasteiger partial charge in [0.05, 0.1) is 6.10 Å². The van der Waals surface area contributed by atoms with Gasteiger partial charge < -0.3 is 10.4 Å². The molecule has 4 nitrogen and oxygen atoms in total. The summed E-state index contributed by atoms with van der Waals surface area (Å²) in [7, 11) is 0. The summed E-state index contributed by atoms with van der Waals surface area (Å²) in [6.07, 6.45) is 1.01. The molecule has 0 radical (unpaired) electrons. The van der Waals surface area contributed by atoms with Gasteiger partial charge in [-0.3, -0.25) is 0 Å². The SMILES string of the molecule is C=CCNc1nnc(SCC(O)c2cccc(F)c2)s1. The van der Waals surface area contributed by atoms with Crippen molar-refractivity contribution in [3.05, 3.63) is 48.3 Å². The number of thioether (sulfide) groups is 1. The van der Waals surface area contributed by atoms with E-state index in [2.05, 4.69) is 22.1 Å². The van der Waals surface area contributed by atoms with E-state index in [1.807, 2.05) is 0 Å². The number of hydrogen-bond donors (Lipinski definition) is 2. The van der Waals surface area contributed by atoms with Crippen LogP contribution in [0, 0.1) is 5.82 Å². The molecule has 1 unspecified atom stereocenters. The molecule has 106 valence electrons. The number of aliphatic hydroxyl groups excluding tert-OH is 1. The van der Waals surface area contributed by atoms with E-state index in [9.17, 15) is 9.50 Å². The fraction of sp³-hybridized carbons (Fsp3) is 0.231. The van der Waals surface area contributed by atoms with Gasteiger partial charge in [0.25, 0.3) is 0 Å². The lowest BCUT2D eigenvalue weighted by atomic mass is 10.1. The molecule has 0 spiro atoms. The normalized spacial score (nSPS) is 12.1. The number of rotatable bonds is 7. The summed E-state index contributed by atoms with van der Waals surface area (Å²) in [4.78, 5) is 0. The second-order valence-corrected chi connectivity index (χ2v) is 6.17. The number of anilines is 1. The van der Waals surface area contributed by atoms with Crippen LogP contribution in [0.2, 0.25) is 0 Å². The number of aromatic nitrogens is 2. The Bertz CT molecular complexity index is 576. The summed E-state index contributed by atoms with van der Waals surface area (Å²) >= 11 is 2.80. The van der Waals surface area contributed by atoms with Gasteiger partial charge in [0, 0.05) is 12.3 Å². The smallest absolute Gasteiger partial charge is 0.206 e. The third-order valence-electron chi connectivity index (χ3n) is 2.40. The molecule has 0 amide bonds. The van der Waals surface area contributed by atoms with Crippen LogP contribution in [0.25, 0.3) is 0 Å². The van der Waals surface area contributed by atoms with Gasteiger partial charge in [0.1, 0.15) is 5.82 Å². The second kappa shape index (κ2) is 7.37. The Morgan fingerprint density at radius 2 is 2.35 bits per heavy atom. The number of hydrogen-bond acceptors (Lipinski definition) is 6. The van der Waals surface area contributed by atoms with Gasteiger partial charge in [-0.05, 0) is 17.7 Å². The zero-order chi connectivity index (χ0) is 14.4. The topological polar surface area (TPSA) is 58.0 Å². The Morgan fingerprint density at radius 3 is 3.10 bits per heavy atom. The van der Waals surface area contributed by atoms with Crippen molar-refractivity contribution in [3.63, 3.8) is 0 Å². The molecular weight excluding hydrogens is 297 g/mol. The third-order valence-corrected chi connectivity index (χ3v) is 4.49. The largest absolute Gasteiger partial charge is 0.388 e. The molecule has 0 saturated carbocycles. The first-order chi connectivity index (χ1) is 9.69. The van der Waals surface area contributed by atoms with Gasteiger partial charge in [-0.15, -0.1) is 16.8 Å². The van der Waals surface area contributed by atoms with Crippen LogP contribution in [-0.2, 0) is 0 Å². The molecule has 2 N–H and O–H groups in total. The standard InChI is InChI=1S/C13H14FN3OS2/c1-2-6-15-12-16-17-13(20-12)19-8-11(18)9-4-3-5-10(14)7-9/h2-5,7,11,18H,1,6,8H2,(H,15,16). The minimum Gasteiger partial charge on any atom is -0.388 e. The van der Waals surface area contributed by atoms with E-state index in [-0.39, 0.29) is 5.82 Å². The molecular formula is C13H14FN3OS2. The lowest BCUT2D eigenvalue weighted by Gasteiger charge is -2.09. The fourth-order valence-corrected chi connectivity index (χ4v) is 3.21. The van der Waals surface area contributed by atoms with Crippen molar-refractivity contribution in [3.8, 4) is 0 Å². The highest BCUT2D eigenvalue weighted by Crippen LogP contribution is 2.29. The van der Waals surface area contributed by atoms with Crippen molar-refractivity contribution < 1.29 is 9.50 Å². The highest BCUT2D eigenvalue weighted by molar-refractivity contribution is 8.01. The molecule has 1 heterocycles. The van der Waals surface area contributed by atoms with Crippen molar-refractivity contribution >= 4 is 28.2 Å². The molecule has 7 heteroatoms. The van der Waals surface area contributed by atoms with E-state index in [1.54, 1.807) is 18.2 Å². The maximum Gasteiger partial charge on any atom is 0.206 e.